The number of para-hydroxylation sites is 1. The first-order valence-corrected chi connectivity index (χ1v) is 7.87. The van der Waals surface area contributed by atoms with Crippen LogP contribution in [0.2, 0.25) is 0 Å². The Hall–Kier alpha value is -0.880. The zero-order chi connectivity index (χ0) is 14.2. The van der Waals surface area contributed by atoms with Crippen LogP contribution in [0.5, 0.6) is 0 Å². The molecule has 0 aliphatic heterocycles. The summed E-state index contributed by atoms with van der Waals surface area (Å²) in [6, 6.07) is 8.21. The molecular formula is C15H23Cl2N3OS. The van der Waals surface area contributed by atoms with Crippen LogP contribution in [-0.2, 0) is 11.2 Å². The maximum Gasteiger partial charge on any atom is 0.220 e. The first kappa shape index (κ1) is 21.1. The second-order valence-corrected chi connectivity index (χ2v) is 5.85. The van der Waals surface area contributed by atoms with Crippen molar-refractivity contribution in [3.8, 4) is 0 Å². The van der Waals surface area contributed by atoms with Crippen LogP contribution >= 0.6 is 36.2 Å². The molecule has 0 saturated heterocycles. The van der Waals surface area contributed by atoms with Crippen molar-refractivity contribution in [2.75, 3.05) is 20.1 Å². The van der Waals surface area contributed by atoms with Crippen LogP contribution in [0, 0.1) is 0 Å². The van der Waals surface area contributed by atoms with E-state index in [-0.39, 0.29) is 30.7 Å². The molecule has 1 heterocycles. The number of fused-ring (bicyclic) bond motifs is 1. The minimum absolute atomic E-state index is 0. The highest BCUT2D eigenvalue weighted by Crippen LogP contribution is 2.22. The third-order valence-corrected chi connectivity index (χ3v) is 4.18. The van der Waals surface area contributed by atoms with Gasteiger partial charge in [0.2, 0.25) is 5.91 Å². The van der Waals surface area contributed by atoms with Gasteiger partial charge in [0.05, 0.1) is 15.2 Å². The molecular weight excluding hydrogens is 341 g/mol. The van der Waals surface area contributed by atoms with E-state index in [0.29, 0.717) is 13.0 Å². The third kappa shape index (κ3) is 6.92. The fourth-order valence-corrected chi connectivity index (χ4v) is 3.01. The molecule has 0 fully saturated rings. The minimum Gasteiger partial charge on any atom is -0.355 e. The number of thiazole rings is 1. The van der Waals surface area contributed by atoms with E-state index in [1.54, 1.807) is 11.3 Å². The van der Waals surface area contributed by atoms with Gasteiger partial charge in [0.15, 0.2) is 0 Å². The van der Waals surface area contributed by atoms with Gasteiger partial charge in [0.1, 0.15) is 0 Å². The summed E-state index contributed by atoms with van der Waals surface area (Å²) < 4.78 is 1.24. The lowest BCUT2D eigenvalue weighted by atomic mass is 10.2. The number of hydrogen-bond acceptors (Lipinski definition) is 4. The summed E-state index contributed by atoms with van der Waals surface area (Å²) in [5.74, 6) is 0.143. The molecule has 0 spiro atoms. The lowest BCUT2D eigenvalue weighted by molar-refractivity contribution is -0.121. The Kier molecular flexibility index (Phi) is 11.2. The molecule has 0 aliphatic rings. The number of halogens is 2. The molecule has 0 atom stereocenters. The monoisotopic (exact) mass is 363 g/mol. The van der Waals surface area contributed by atoms with E-state index >= 15 is 0 Å². The van der Waals surface area contributed by atoms with E-state index in [2.05, 4.69) is 21.7 Å². The highest BCUT2D eigenvalue weighted by atomic mass is 35.5. The predicted octanol–water partition coefficient (Wildman–Crippen LogP) is 3.19. The number of nitrogens with zero attached hydrogens (tertiary/aromatic N) is 1. The average Bonchev–Trinajstić information content (AvgIpc) is 2.86. The Labute approximate surface area is 147 Å². The molecule has 0 aliphatic carbocycles. The molecule has 0 radical (unpaired) electrons. The Bertz CT molecular complexity index is 529. The van der Waals surface area contributed by atoms with E-state index < -0.39 is 0 Å². The number of nitrogens with one attached hydrogen (secondary N) is 2. The van der Waals surface area contributed by atoms with Crippen LogP contribution in [0.15, 0.2) is 24.3 Å². The smallest absolute Gasteiger partial charge is 0.220 e. The van der Waals surface area contributed by atoms with Gasteiger partial charge in [-0.05, 0) is 38.4 Å². The second-order valence-electron chi connectivity index (χ2n) is 4.74. The molecule has 2 rings (SSSR count). The molecule has 7 heteroatoms. The predicted molar refractivity (Wildman–Crippen MR) is 98.6 cm³/mol. The number of hydrogen-bond donors (Lipinski definition) is 2. The number of unbranched alkanes of at least 4 members (excludes halogenated alkanes) is 1. The molecule has 1 aromatic carbocycles. The van der Waals surface area contributed by atoms with Crippen molar-refractivity contribution in [3.05, 3.63) is 29.3 Å². The number of rotatable bonds is 8. The first-order chi connectivity index (χ1) is 9.79. The highest BCUT2D eigenvalue weighted by molar-refractivity contribution is 7.18. The lowest BCUT2D eigenvalue weighted by Crippen LogP contribution is -2.30. The van der Waals surface area contributed by atoms with E-state index in [0.717, 1.165) is 31.3 Å². The normalized spacial score (nSPS) is 9.86. The van der Waals surface area contributed by atoms with Crippen LogP contribution in [0.1, 0.15) is 24.3 Å². The zero-order valence-electron chi connectivity index (χ0n) is 12.6. The Morgan fingerprint density at radius 1 is 1.18 bits per heavy atom. The van der Waals surface area contributed by atoms with Crippen molar-refractivity contribution in [1.82, 2.24) is 15.6 Å². The number of aromatic nitrogens is 1. The Morgan fingerprint density at radius 2 is 1.95 bits per heavy atom. The summed E-state index contributed by atoms with van der Waals surface area (Å²) in [5.41, 5.74) is 1.08. The van der Waals surface area contributed by atoms with Gasteiger partial charge in [-0.2, -0.15) is 0 Å². The molecule has 1 amide bonds. The third-order valence-electron chi connectivity index (χ3n) is 3.08. The van der Waals surface area contributed by atoms with Gasteiger partial charge in [-0.15, -0.1) is 36.2 Å². The summed E-state index contributed by atoms with van der Waals surface area (Å²) in [5, 5.41) is 7.06. The van der Waals surface area contributed by atoms with Crippen LogP contribution in [0.4, 0.5) is 0 Å². The van der Waals surface area contributed by atoms with Crippen molar-refractivity contribution in [2.45, 2.75) is 25.7 Å². The zero-order valence-corrected chi connectivity index (χ0v) is 15.1. The quantitative estimate of drug-likeness (QED) is 0.708. The molecule has 22 heavy (non-hydrogen) atoms. The molecule has 4 nitrogen and oxygen atoms in total. The molecule has 0 saturated carbocycles. The topological polar surface area (TPSA) is 54.0 Å². The summed E-state index contributed by atoms with van der Waals surface area (Å²) in [6.45, 7) is 1.52. The molecule has 2 aromatic rings. The van der Waals surface area contributed by atoms with Crippen LogP contribution < -0.4 is 10.6 Å². The van der Waals surface area contributed by atoms with Gasteiger partial charge < -0.3 is 10.6 Å². The van der Waals surface area contributed by atoms with Gasteiger partial charge in [-0.1, -0.05) is 12.1 Å². The van der Waals surface area contributed by atoms with Gasteiger partial charge in [0, 0.05) is 19.5 Å². The van der Waals surface area contributed by atoms with E-state index in [9.17, 15) is 4.79 Å². The molecule has 1 aromatic heterocycles. The van der Waals surface area contributed by atoms with E-state index in [1.165, 1.54) is 9.71 Å². The van der Waals surface area contributed by atoms with E-state index in [1.807, 2.05) is 25.2 Å². The van der Waals surface area contributed by atoms with Crippen molar-refractivity contribution >= 4 is 52.3 Å². The number of benzene rings is 1. The van der Waals surface area contributed by atoms with E-state index in [4.69, 9.17) is 0 Å². The fourth-order valence-electron chi connectivity index (χ4n) is 2.00. The fraction of sp³-hybridized carbons (Fsp3) is 0.467. The lowest BCUT2D eigenvalue weighted by Gasteiger charge is -2.03. The van der Waals surface area contributed by atoms with Crippen LogP contribution in [0.3, 0.4) is 0 Å². The summed E-state index contributed by atoms with van der Waals surface area (Å²) in [6.07, 6.45) is 3.50. The molecule has 0 unspecified atom stereocenters. The number of likely N-dealkylation sites (N-methyl/N-ethyl adjacent to an activating group) is 1. The largest absolute Gasteiger partial charge is 0.355 e. The van der Waals surface area contributed by atoms with Crippen LogP contribution in [-0.4, -0.2) is 31.0 Å². The van der Waals surface area contributed by atoms with Crippen LogP contribution in [0.25, 0.3) is 10.2 Å². The first-order valence-electron chi connectivity index (χ1n) is 7.05. The second kappa shape index (κ2) is 11.7. The summed E-state index contributed by atoms with van der Waals surface area (Å²) in [7, 11) is 1.88. The van der Waals surface area contributed by atoms with Crippen molar-refractivity contribution in [2.24, 2.45) is 0 Å². The highest BCUT2D eigenvalue weighted by Gasteiger charge is 2.04. The van der Waals surface area contributed by atoms with Crippen molar-refractivity contribution in [3.63, 3.8) is 0 Å². The Morgan fingerprint density at radius 3 is 2.68 bits per heavy atom. The maximum atomic E-state index is 11.5. The van der Waals surface area contributed by atoms with Crippen molar-refractivity contribution in [1.29, 1.82) is 0 Å². The summed E-state index contributed by atoms with van der Waals surface area (Å²) in [4.78, 5) is 16.1. The van der Waals surface area contributed by atoms with Crippen molar-refractivity contribution < 1.29 is 4.79 Å². The number of carbonyl (C=O) groups excluding carboxylic acids is 1. The standard InChI is InChI=1S/C15H21N3OS.2ClH/c1-16-10-11-17-14(19)8-4-5-9-15-18-12-6-2-3-7-13(12)20-15;;/h2-3,6-7,16H,4-5,8-11H2,1H3,(H,17,19);2*1H. The van der Waals surface area contributed by atoms with Gasteiger partial charge in [-0.3, -0.25) is 4.79 Å². The average molecular weight is 364 g/mol. The van der Waals surface area contributed by atoms with Gasteiger partial charge in [0.25, 0.3) is 0 Å². The molecule has 2 N–H and O–H groups in total. The molecule has 124 valence electrons. The van der Waals surface area contributed by atoms with Gasteiger partial charge in [-0.25, -0.2) is 4.98 Å². The SMILES string of the molecule is CNCCNC(=O)CCCCc1nc2ccccc2s1.Cl.Cl. The maximum absolute atomic E-state index is 11.5. The van der Waals surface area contributed by atoms with Gasteiger partial charge >= 0.3 is 0 Å². The molecule has 0 bridgehead atoms. The Balaban J connectivity index is 0.00000220. The minimum atomic E-state index is 0. The number of aryl methyl sites for hydroxylation is 1. The number of carbonyl (C=O) groups is 1. The number of amides is 1. The summed E-state index contributed by atoms with van der Waals surface area (Å²) >= 11 is 1.75.